The van der Waals surface area contributed by atoms with Crippen LogP contribution in [-0.2, 0) is 5.75 Å². The average molecular weight is 379 g/mol. The summed E-state index contributed by atoms with van der Waals surface area (Å²) < 4.78 is 21.9. The normalized spacial score (nSPS) is 10.8. The zero-order chi connectivity index (χ0) is 16.9. The number of hydrogen-bond acceptors (Lipinski definition) is 5. The quantitative estimate of drug-likeness (QED) is 0.418. The van der Waals surface area contributed by atoms with Gasteiger partial charge in [-0.25, -0.2) is 9.07 Å². The van der Waals surface area contributed by atoms with Gasteiger partial charge in [0, 0.05) is 11.3 Å². The summed E-state index contributed by atoms with van der Waals surface area (Å²) in [5, 5.41) is 4.53. The van der Waals surface area contributed by atoms with Crippen molar-refractivity contribution in [3.8, 4) is 11.4 Å². The Bertz CT molecular complexity index is 874. The molecule has 124 valence electrons. The highest BCUT2D eigenvalue weighted by Gasteiger charge is 2.09. The summed E-state index contributed by atoms with van der Waals surface area (Å²) in [6.07, 6.45) is 0. The van der Waals surface area contributed by atoms with Crippen LogP contribution in [0.3, 0.4) is 0 Å². The van der Waals surface area contributed by atoms with E-state index in [9.17, 15) is 4.39 Å². The molecule has 1 heterocycles. The first kappa shape index (κ1) is 17.1. The van der Waals surface area contributed by atoms with Crippen molar-refractivity contribution in [2.24, 2.45) is 0 Å². The third-order valence-corrected chi connectivity index (χ3v) is 5.64. The minimum Gasteiger partial charge on any atom is -0.494 e. The fraction of sp³-hybridized carbons (Fsp3) is 0.176. The number of nitrogens with zero attached hydrogens (tertiary/aromatic N) is 2. The van der Waals surface area contributed by atoms with E-state index in [1.165, 1.54) is 23.5 Å². The molecule has 0 aliphatic carbocycles. The molecule has 0 aliphatic heterocycles. The van der Waals surface area contributed by atoms with Crippen molar-refractivity contribution in [3.63, 3.8) is 0 Å². The van der Waals surface area contributed by atoms with Gasteiger partial charge in [-0.3, -0.25) is 0 Å². The van der Waals surface area contributed by atoms with Gasteiger partial charge in [0.2, 0.25) is 0 Å². The van der Waals surface area contributed by atoms with Gasteiger partial charge >= 0.3 is 0 Å². The molecule has 0 N–H and O–H groups in total. The summed E-state index contributed by atoms with van der Waals surface area (Å²) in [5.41, 5.74) is 1.89. The van der Waals surface area contributed by atoms with Gasteiger partial charge in [-0.15, -0.1) is 5.10 Å². The number of para-hydroxylation sites is 1. The van der Waals surface area contributed by atoms with Crippen molar-refractivity contribution in [1.29, 1.82) is 0 Å². The van der Waals surface area contributed by atoms with E-state index in [1.807, 2.05) is 31.2 Å². The molecule has 0 saturated heterocycles. The van der Waals surface area contributed by atoms with Crippen molar-refractivity contribution in [2.45, 2.75) is 17.0 Å². The van der Waals surface area contributed by atoms with Crippen LogP contribution in [0.1, 0.15) is 12.5 Å². The molecule has 0 amide bonds. The van der Waals surface area contributed by atoms with E-state index >= 15 is 0 Å². The molecular formula is C17H15FN2OS3. The Morgan fingerprint density at radius 1 is 1.21 bits per heavy atom. The molecule has 0 atom stereocenters. The van der Waals surface area contributed by atoms with Crippen LogP contribution < -0.4 is 4.74 Å². The number of thioether (sulfide) groups is 1. The maximum atomic E-state index is 13.0. The van der Waals surface area contributed by atoms with Crippen LogP contribution >= 0.6 is 35.3 Å². The first-order valence-electron chi connectivity index (χ1n) is 7.37. The molecule has 0 radical (unpaired) electrons. The lowest BCUT2D eigenvalue weighted by atomic mass is 10.2. The van der Waals surface area contributed by atoms with E-state index in [0.717, 1.165) is 27.1 Å². The second-order valence-corrected chi connectivity index (χ2v) is 7.70. The summed E-state index contributed by atoms with van der Waals surface area (Å²) in [5.74, 6) is 1.37. The molecule has 0 fully saturated rings. The highest BCUT2D eigenvalue weighted by atomic mass is 32.2. The van der Waals surface area contributed by atoms with Gasteiger partial charge in [0.05, 0.1) is 12.3 Å². The number of aromatic nitrogens is 2. The number of halogens is 1. The Hall–Kier alpha value is -1.70. The summed E-state index contributed by atoms with van der Waals surface area (Å²) in [6, 6.07) is 14.1. The maximum Gasteiger partial charge on any atom is 0.184 e. The lowest BCUT2D eigenvalue weighted by Crippen LogP contribution is -1.97. The fourth-order valence-corrected chi connectivity index (χ4v) is 4.48. The standard InChI is InChI=1S/C17H15FN2OS3/c1-2-21-15-6-4-3-5-12(15)11-23-16-19-20(17(22)24-16)14-9-7-13(18)8-10-14/h3-10H,2,11H2,1H3. The summed E-state index contributed by atoms with van der Waals surface area (Å²) in [7, 11) is 0. The maximum absolute atomic E-state index is 13.0. The van der Waals surface area contributed by atoms with E-state index in [-0.39, 0.29) is 5.82 Å². The van der Waals surface area contributed by atoms with E-state index in [1.54, 1.807) is 28.6 Å². The van der Waals surface area contributed by atoms with Crippen molar-refractivity contribution in [3.05, 3.63) is 63.9 Å². The number of hydrogen-bond donors (Lipinski definition) is 0. The van der Waals surface area contributed by atoms with Gasteiger partial charge in [0.15, 0.2) is 8.29 Å². The molecule has 0 aliphatic rings. The Labute approximate surface area is 153 Å². The van der Waals surface area contributed by atoms with Gasteiger partial charge in [-0.1, -0.05) is 41.3 Å². The summed E-state index contributed by atoms with van der Waals surface area (Å²) in [6.45, 7) is 2.61. The monoisotopic (exact) mass is 378 g/mol. The summed E-state index contributed by atoms with van der Waals surface area (Å²) in [4.78, 5) is 0. The van der Waals surface area contributed by atoms with Crippen molar-refractivity contribution >= 4 is 35.3 Å². The molecular weight excluding hydrogens is 363 g/mol. The highest BCUT2D eigenvalue weighted by Crippen LogP contribution is 2.30. The Morgan fingerprint density at radius 3 is 2.71 bits per heavy atom. The number of ether oxygens (including phenoxy) is 1. The smallest absolute Gasteiger partial charge is 0.184 e. The molecule has 1 aromatic heterocycles. The van der Waals surface area contributed by atoms with Gasteiger partial charge in [-0.05, 0) is 49.5 Å². The molecule has 0 saturated carbocycles. The molecule has 0 bridgehead atoms. The Kier molecular flexibility index (Phi) is 5.65. The minimum atomic E-state index is -0.275. The van der Waals surface area contributed by atoms with Gasteiger partial charge < -0.3 is 4.74 Å². The lowest BCUT2D eigenvalue weighted by molar-refractivity contribution is 0.337. The van der Waals surface area contributed by atoms with Gasteiger partial charge in [-0.2, -0.15) is 0 Å². The topological polar surface area (TPSA) is 27.1 Å². The predicted octanol–water partition coefficient (Wildman–Crippen LogP) is 5.49. The zero-order valence-electron chi connectivity index (χ0n) is 12.9. The SMILES string of the molecule is CCOc1ccccc1CSc1nn(-c2ccc(F)cc2)c(=S)s1. The molecule has 3 nitrogen and oxygen atoms in total. The second-order valence-electron chi connectivity index (χ2n) is 4.85. The first-order valence-corrected chi connectivity index (χ1v) is 9.58. The summed E-state index contributed by atoms with van der Waals surface area (Å²) >= 11 is 8.43. The molecule has 2 aromatic carbocycles. The van der Waals surface area contributed by atoms with Crippen LogP contribution in [-0.4, -0.2) is 16.4 Å². The number of benzene rings is 2. The van der Waals surface area contributed by atoms with Crippen molar-refractivity contribution in [2.75, 3.05) is 6.61 Å². The van der Waals surface area contributed by atoms with E-state index in [4.69, 9.17) is 17.0 Å². The highest BCUT2D eigenvalue weighted by molar-refractivity contribution is 8.00. The lowest BCUT2D eigenvalue weighted by Gasteiger charge is -2.08. The Morgan fingerprint density at radius 2 is 1.96 bits per heavy atom. The fourth-order valence-electron chi connectivity index (χ4n) is 2.12. The average Bonchev–Trinajstić information content (AvgIpc) is 2.96. The molecule has 0 unspecified atom stereocenters. The van der Waals surface area contributed by atoms with Crippen LogP contribution in [0.5, 0.6) is 5.75 Å². The third kappa shape index (κ3) is 4.03. The van der Waals surface area contributed by atoms with Crippen LogP contribution in [0.2, 0.25) is 0 Å². The molecule has 7 heteroatoms. The van der Waals surface area contributed by atoms with Crippen molar-refractivity contribution < 1.29 is 9.13 Å². The van der Waals surface area contributed by atoms with E-state index < -0.39 is 0 Å². The zero-order valence-corrected chi connectivity index (χ0v) is 15.4. The molecule has 3 aromatic rings. The third-order valence-electron chi connectivity index (χ3n) is 3.22. The Balaban J connectivity index is 1.77. The van der Waals surface area contributed by atoms with Crippen LogP contribution in [0.25, 0.3) is 5.69 Å². The van der Waals surface area contributed by atoms with Crippen LogP contribution in [0, 0.1) is 9.77 Å². The minimum absolute atomic E-state index is 0.275. The first-order chi connectivity index (χ1) is 11.7. The van der Waals surface area contributed by atoms with E-state index in [2.05, 4.69) is 5.10 Å². The molecule has 0 spiro atoms. The van der Waals surface area contributed by atoms with Gasteiger partial charge in [0.25, 0.3) is 0 Å². The second kappa shape index (κ2) is 7.92. The molecule has 24 heavy (non-hydrogen) atoms. The largest absolute Gasteiger partial charge is 0.494 e. The van der Waals surface area contributed by atoms with Gasteiger partial charge in [0.1, 0.15) is 11.6 Å². The van der Waals surface area contributed by atoms with Crippen molar-refractivity contribution in [1.82, 2.24) is 9.78 Å². The number of rotatable bonds is 6. The van der Waals surface area contributed by atoms with Crippen LogP contribution in [0.4, 0.5) is 4.39 Å². The molecule has 3 rings (SSSR count). The van der Waals surface area contributed by atoms with Crippen LogP contribution in [0.15, 0.2) is 52.9 Å². The van der Waals surface area contributed by atoms with E-state index in [0.29, 0.717) is 10.6 Å². The predicted molar refractivity (Wildman–Crippen MR) is 99.4 cm³/mol.